The number of para-hydroxylation sites is 4. The van der Waals surface area contributed by atoms with Gasteiger partial charge in [-0.05, 0) is 87.6 Å². The van der Waals surface area contributed by atoms with Gasteiger partial charge in [-0.25, -0.2) is 9.97 Å². The molecule has 14 aromatic rings. The van der Waals surface area contributed by atoms with Crippen molar-refractivity contribution in [3.63, 3.8) is 0 Å². The van der Waals surface area contributed by atoms with Crippen LogP contribution in [0.25, 0.3) is 132 Å². The summed E-state index contributed by atoms with van der Waals surface area (Å²) in [5, 5.41) is 14.3. The van der Waals surface area contributed by atoms with Gasteiger partial charge in [-0.3, -0.25) is 4.57 Å². The average molecular weight is 751 g/mol. The van der Waals surface area contributed by atoms with Crippen molar-refractivity contribution in [2.24, 2.45) is 0 Å². The molecule has 59 heavy (non-hydrogen) atoms. The van der Waals surface area contributed by atoms with Crippen molar-refractivity contribution in [1.29, 1.82) is 0 Å². The second-order valence-corrected chi connectivity index (χ2v) is 15.6. The minimum atomic E-state index is 0.781. The summed E-state index contributed by atoms with van der Waals surface area (Å²) in [4.78, 5) is 11.1. The van der Waals surface area contributed by atoms with E-state index < -0.39 is 0 Å². The molecule has 0 saturated carbocycles. The van der Waals surface area contributed by atoms with Gasteiger partial charge in [0.15, 0.2) is 5.82 Å². The van der Waals surface area contributed by atoms with Gasteiger partial charge in [-0.15, -0.1) is 0 Å². The maximum absolute atomic E-state index is 6.44. The van der Waals surface area contributed by atoms with Crippen LogP contribution in [0.3, 0.4) is 0 Å². The van der Waals surface area contributed by atoms with Crippen LogP contribution < -0.4 is 0 Å². The molecule has 14 rings (SSSR count). The third-order valence-corrected chi connectivity index (χ3v) is 12.6. The van der Waals surface area contributed by atoms with E-state index in [1.165, 1.54) is 64.9 Å². The van der Waals surface area contributed by atoms with Crippen LogP contribution in [0.4, 0.5) is 0 Å². The molecule has 0 aliphatic rings. The fraction of sp³-hybridized carbons (Fsp3) is 0. The number of rotatable bonds is 3. The predicted molar refractivity (Wildman–Crippen MR) is 245 cm³/mol. The van der Waals surface area contributed by atoms with Crippen LogP contribution in [0, 0.1) is 0 Å². The number of furan rings is 1. The molecule has 10 aromatic carbocycles. The lowest BCUT2D eigenvalue weighted by Crippen LogP contribution is -2.04. The van der Waals surface area contributed by atoms with Crippen molar-refractivity contribution in [1.82, 2.24) is 19.1 Å². The first-order valence-corrected chi connectivity index (χ1v) is 20.1. The zero-order valence-electron chi connectivity index (χ0n) is 31.5. The normalized spacial score (nSPS) is 12.4. The average Bonchev–Trinajstić information content (AvgIpc) is 3.96. The lowest BCUT2D eigenvalue weighted by molar-refractivity contribution is 0.669. The molecule has 0 saturated heterocycles. The van der Waals surface area contributed by atoms with Gasteiger partial charge in [0.2, 0.25) is 0 Å². The van der Waals surface area contributed by atoms with Crippen molar-refractivity contribution in [3.8, 4) is 22.8 Å². The smallest absolute Gasteiger partial charge is 0.165 e. The van der Waals surface area contributed by atoms with E-state index >= 15 is 0 Å². The third-order valence-electron chi connectivity index (χ3n) is 12.6. The largest absolute Gasteiger partial charge is 0.456 e. The second kappa shape index (κ2) is 11.3. The zero-order chi connectivity index (χ0) is 38.3. The predicted octanol–water partition coefficient (Wildman–Crippen LogP) is 14.3. The highest BCUT2D eigenvalue weighted by atomic mass is 16.3. The Morgan fingerprint density at radius 1 is 0.373 bits per heavy atom. The number of hydrogen-bond donors (Lipinski definition) is 0. The Kier molecular flexibility index (Phi) is 5.96. The third kappa shape index (κ3) is 4.03. The van der Waals surface area contributed by atoms with Crippen molar-refractivity contribution in [2.75, 3.05) is 0 Å². The first-order valence-electron chi connectivity index (χ1n) is 20.1. The highest BCUT2D eigenvalue weighted by molar-refractivity contribution is 6.41. The molecule has 5 heteroatoms. The van der Waals surface area contributed by atoms with Gasteiger partial charge in [0.05, 0.1) is 33.1 Å². The highest BCUT2D eigenvalue weighted by Gasteiger charge is 2.28. The number of hydrogen-bond acceptors (Lipinski definition) is 3. The maximum Gasteiger partial charge on any atom is 0.165 e. The van der Waals surface area contributed by atoms with Crippen LogP contribution in [0.5, 0.6) is 0 Å². The molecular weight excluding hydrogens is 721 g/mol. The van der Waals surface area contributed by atoms with E-state index in [0.717, 1.165) is 66.8 Å². The Morgan fingerprint density at radius 3 is 1.83 bits per heavy atom. The summed E-state index contributed by atoms with van der Waals surface area (Å²) in [7, 11) is 0. The summed E-state index contributed by atoms with van der Waals surface area (Å²) in [6.45, 7) is 0. The molecule has 4 heterocycles. The minimum Gasteiger partial charge on any atom is -0.456 e. The summed E-state index contributed by atoms with van der Waals surface area (Å²) >= 11 is 0. The summed E-state index contributed by atoms with van der Waals surface area (Å²) < 4.78 is 11.3. The molecule has 0 aliphatic carbocycles. The Labute approximate surface area is 335 Å². The van der Waals surface area contributed by atoms with Crippen LogP contribution in [-0.2, 0) is 0 Å². The van der Waals surface area contributed by atoms with Crippen LogP contribution in [0.1, 0.15) is 0 Å². The van der Waals surface area contributed by atoms with Crippen molar-refractivity contribution in [2.45, 2.75) is 0 Å². The van der Waals surface area contributed by atoms with Gasteiger partial charge in [0.25, 0.3) is 0 Å². The Hall–Kier alpha value is -8.02. The van der Waals surface area contributed by atoms with Crippen LogP contribution in [-0.4, -0.2) is 19.1 Å². The van der Waals surface area contributed by atoms with E-state index in [1.54, 1.807) is 0 Å². The molecular formula is C54H30N4O. The Balaban J connectivity index is 1.25. The molecule has 0 N–H and O–H groups in total. The lowest BCUT2D eigenvalue weighted by atomic mass is 9.93. The van der Waals surface area contributed by atoms with Crippen LogP contribution in [0.2, 0.25) is 0 Å². The highest BCUT2D eigenvalue weighted by Crippen LogP contribution is 2.50. The van der Waals surface area contributed by atoms with E-state index in [1.807, 2.05) is 30.3 Å². The fourth-order valence-corrected chi connectivity index (χ4v) is 10.3. The van der Waals surface area contributed by atoms with E-state index in [0.29, 0.717) is 0 Å². The summed E-state index contributed by atoms with van der Waals surface area (Å²) in [5.41, 5.74) is 10.8. The fourth-order valence-electron chi connectivity index (χ4n) is 10.3. The zero-order valence-corrected chi connectivity index (χ0v) is 31.5. The van der Waals surface area contributed by atoms with E-state index in [-0.39, 0.29) is 0 Å². The Morgan fingerprint density at radius 2 is 0.983 bits per heavy atom. The van der Waals surface area contributed by atoms with Crippen LogP contribution in [0.15, 0.2) is 186 Å². The van der Waals surface area contributed by atoms with Crippen molar-refractivity contribution >= 4 is 109 Å². The maximum atomic E-state index is 6.44. The summed E-state index contributed by atoms with van der Waals surface area (Å²) in [6.07, 6.45) is 0. The van der Waals surface area contributed by atoms with Gasteiger partial charge < -0.3 is 8.98 Å². The number of benzene rings is 9. The van der Waals surface area contributed by atoms with E-state index in [4.69, 9.17) is 14.4 Å². The van der Waals surface area contributed by atoms with Gasteiger partial charge in [-0.1, -0.05) is 121 Å². The molecule has 0 atom stereocenters. The number of fused-ring (bicyclic) bond motifs is 9. The first kappa shape index (κ1) is 31.1. The molecule has 0 unspecified atom stereocenters. The van der Waals surface area contributed by atoms with Gasteiger partial charge in [0, 0.05) is 49.0 Å². The molecule has 0 aliphatic heterocycles. The van der Waals surface area contributed by atoms with E-state index in [9.17, 15) is 0 Å². The SMILES string of the molecule is c1ccc(-n2c3ccc4c5c6c(cccc6n4-c4nc6ccccc6nc4-c4cccc6oc7ccccc7c46)c4ccccc4c4cc6ccccc6c2c4c53)cc1. The molecule has 0 radical (unpaired) electrons. The molecule has 0 spiro atoms. The summed E-state index contributed by atoms with van der Waals surface area (Å²) in [5.74, 6) is 0.781. The first-order chi connectivity index (χ1) is 29.3. The monoisotopic (exact) mass is 750 g/mol. The minimum absolute atomic E-state index is 0.781. The topological polar surface area (TPSA) is 48.8 Å². The Bertz CT molecular complexity index is 4080. The van der Waals surface area contributed by atoms with Gasteiger partial charge in [0.1, 0.15) is 16.9 Å². The number of nitrogens with zero attached hydrogens (tertiary/aromatic N) is 4. The van der Waals surface area contributed by atoms with E-state index in [2.05, 4.69) is 161 Å². The van der Waals surface area contributed by atoms with Crippen molar-refractivity contribution in [3.05, 3.63) is 182 Å². The van der Waals surface area contributed by atoms with Crippen molar-refractivity contribution < 1.29 is 4.42 Å². The summed E-state index contributed by atoms with van der Waals surface area (Å²) in [6, 6.07) is 65.2. The lowest BCUT2D eigenvalue weighted by Gasteiger charge is -2.14. The number of aromatic nitrogens is 4. The molecule has 5 nitrogen and oxygen atoms in total. The van der Waals surface area contributed by atoms with Gasteiger partial charge >= 0.3 is 0 Å². The van der Waals surface area contributed by atoms with Gasteiger partial charge in [-0.2, -0.15) is 0 Å². The quantitative estimate of drug-likeness (QED) is 0.181. The molecule has 0 bridgehead atoms. The molecule has 0 fully saturated rings. The standard InChI is InChI=1S/C54H30N4O/c1-2-15-32(16-3-1)57-43-28-29-44-50-48-36(34-18-6-7-19-35(34)39-30-31-14-4-5-17-33(31)53(57)49(39)51(43)50)21-12-25-42(48)58(44)54-52(55-40-23-9-10-24-41(40)56-54)38-22-13-27-46-47(38)37-20-8-11-26-45(37)59-46/h1-30H. The van der Waals surface area contributed by atoms with Crippen LogP contribution >= 0.6 is 0 Å². The molecule has 272 valence electrons. The molecule has 4 aromatic heterocycles. The second-order valence-electron chi connectivity index (χ2n) is 15.6. The molecule has 0 amide bonds.